The van der Waals surface area contributed by atoms with Crippen molar-refractivity contribution >= 4 is 40.3 Å². The van der Waals surface area contributed by atoms with Gasteiger partial charge in [-0.25, -0.2) is 0 Å². The third-order valence-electron chi connectivity index (χ3n) is 7.43. The molecule has 3 amide bonds. The molecule has 2 aromatic carbocycles. The Labute approximate surface area is 242 Å². The SMILES string of the molecule is COCCN1C(=O)c2oc3cc(C(=O)NC4(C)COC4)ccc3c2OCC1(C)C(=O)NCc1c(Cl)cccc1OC. The number of carbonyl (C=O) groups excluding carboxylic acids is 3. The van der Waals surface area contributed by atoms with Gasteiger partial charge in [-0.2, -0.15) is 0 Å². The summed E-state index contributed by atoms with van der Waals surface area (Å²) in [5, 5.41) is 6.79. The van der Waals surface area contributed by atoms with Crippen molar-refractivity contribution in [1.29, 1.82) is 0 Å². The Morgan fingerprint density at radius 2 is 1.90 bits per heavy atom. The van der Waals surface area contributed by atoms with E-state index in [0.717, 1.165) is 0 Å². The van der Waals surface area contributed by atoms with Crippen LogP contribution in [-0.4, -0.2) is 80.9 Å². The van der Waals surface area contributed by atoms with Crippen LogP contribution in [0.25, 0.3) is 11.0 Å². The molecule has 0 bridgehead atoms. The molecule has 11 nitrogen and oxygen atoms in total. The van der Waals surface area contributed by atoms with Crippen LogP contribution in [0.4, 0.5) is 0 Å². The number of nitrogens with zero attached hydrogens (tertiary/aromatic N) is 1. The number of nitrogens with one attached hydrogen (secondary N) is 2. The van der Waals surface area contributed by atoms with E-state index in [1.54, 1.807) is 43.3 Å². The van der Waals surface area contributed by atoms with E-state index < -0.39 is 22.9 Å². The van der Waals surface area contributed by atoms with Crippen molar-refractivity contribution < 1.29 is 37.7 Å². The fourth-order valence-electron chi connectivity index (χ4n) is 4.94. The highest BCUT2D eigenvalue weighted by Gasteiger charge is 2.48. The lowest BCUT2D eigenvalue weighted by molar-refractivity contribution is -0.133. The molecule has 0 saturated carbocycles. The van der Waals surface area contributed by atoms with Gasteiger partial charge in [-0.15, -0.1) is 0 Å². The van der Waals surface area contributed by atoms with Crippen LogP contribution >= 0.6 is 11.6 Å². The molecule has 0 radical (unpaired) electrons. The van der Waals surface area contributed by atoms with Gasteiger partial charge in [-0.05, 0) is 44.2 Å². The second kappa shape index (κ2) is 11.2. The molecule has 2 aliphatic rings. The van der Waals surface area contributed by atoms with Gasteiger partial charge in [-0.3, -0.25) is 14.4 Å². The topological polar surface area (TPSA) is 129 Å². The van der Waals surface area contributed by atoms with Crippen LogP contribution < -0.4 is 20.1 Å². The average molecular weight is 586 g/mol. The summed E-state index contributed by atoms with van der Waals surface area (Å²) in [4.78, 5) is 41.8. The molecule has 1 saturated heterocycles. The van der Waals surface area contributed by atoms with Crippen molar-refractivity contribution in [2.75, 3.05) is 47.2 Å². The largest absolute Gasteiger partial charge is 0.496 e. The monoisotopic (exact) mass is 585 g/mol. The second-order valence-electron chi connectivity index (χ2n) is 10.6. The lowest BCUT2D eigenvalue weighted by Crippen LogP contribution is -2.61. The minimum atomic E-state index is -1.42. The van der Waals surface area contributed by atoms with Crippen LogP contribution in [0, 0.1) is 0 Å². The summed E-state index contributed by atoms with van der Waals surface area (Å²) in [6.45, 7) is 4.60. The lowest BCUT2D eigenvalue weighted by Gasteiger charge is -2.38. The number of carbonyl (C=O) groups is 3. The van der Waals surface area contributed by atoms with Crippen LogP contribution in [0.1, 0.15) is 40.3 Å². The van der Waals surface area contributed by atoms with E-state index in [9.17, 15) is 14.4 Å². The predicted octanol–water partition coefficient (Wildman–Crippen LogP) is 3.17. The van der Waals surface area contributed by atoms with E-state index in [-0.39, 0.29) is 43.7 Å². The van der Waals surface area contributed by atoms with Gasteiger partial charge < -0.3 is 38.9 Å². The first-order valence-corrected chi connectivity index (χ1v) is 13.5. The number of benzene rings is 2. The molecule has 1 aromatic heterocycles. The molecule has 5 rings (SSSR count). The first-order chi connectivity index (χ1) is 19.6. The van der Waals surface area contributed by atoms with Crippen molar-refractivity contribution in [3.05, 3.63) is 58.3 Å². The van der Waals surface area contributed by atoms with Crippen LogP contribution in [0.2, 0.25) is 5.02 Å². The number of hydrogen-bond acceptors (Lipinski definition) is 8. The van der Waals surface area contributed by atoms with Crippen molar-refractivity contribution in [2.45, 2.75) is 31.5 Å². The number of furan rings is 1. The number of halogens is 1. The molecule has 1 atom stereocenters. The van der Waals surface area contributed by atoms with Crippen LogP contribution in [-0.2, 0) is 20.8 Å². The molecular weight excluding hydrogens is 554 g/mol. The summed E-state index contributed by atoms with van der Waals surface area (Å²) in [6, 6.07) is 10.1. The summed E-state index contributed by atoms with van der Waals surface area (Å²) in [7, 11) is 3.03. The standard InChI is InChI=1S/C29H32ClN3O8/c1-28(14-39-15-28)32-25(34)17-8-9-18-22(12-17)41-24-23(18)40-16-29(2,33(26(24)35)10-11-37-3)27(36)31-13-19-20(30)6-5-7-21(19)38-4/h5-9,12H,10-11,13-16H2,1-4H3,(H,31,36)(H,32,34). The van der Waals surface area contributed by atoms with Crippen LogP contribution in [0.5, 0.6) is 11.5 Å². The minimum absolute atomic E-state index is 0.0580. The Bertz CT molecular complexity index is 1500. The number of ether oxygens (including phenoxy) is 4. The van der Waals surface area contributed by atoms with E-state index in [2.05, 4.69) is 10.6 Å². The van der Waals surface area contributed by atoms with E-state index in [4.69, 9.17) is 35.0 Å². The highest BCUT2D eigenvalue weighted by atomic mass is 35.5. The number of amides is 3. The Hall–Kier alpha value is -3.80. The Morgan fingerprint density at radius 1 is 1.12 bits per heavy atom. The summed E-state index contributed by atoms with van der Waals surface area (Å²) < 4.78 is 27.9. The molecule has 0 aliphatic carbocycles. The minimum Gasteiger partial charge on any atom is -0.496 e. The number of methoxy groups -OCH3 is 2. The highest BCUT2D eigenvalue weighted by Crippen LogP contribution is 2.39. The maximum atomic E-state index is 13.9. The number of fused-ring (bicyclic) bond motifs is 3. The Morgan fingerprint density at radius 3 is 2.59 bits per heavy atom. The van der Waals surface area contributed by atoms with Gasteiger partial charge in [0.1, 0.15) is 17.9 Å². The smallest absolute Gasteiger partial charge is 0.294 e. The summed E-state index contributed by atoms with van der Waals surface area (Å²) in [5.74, 6) is -0.589. The quantitative estimate of drug-likeness (QED) is 0.392. The van der Waals surface area contributed by atoms with Crippen molar-refractivity contribution in [3.63, 3.8) is 0 Å². The number of rotatable bonds is 9. The summed E-state index contributed by atoms with van der Waals surface area (Å²) in [6.07, 6.45) is 0. The normalized spacial score (nSPS) is 19.5. The predicted molar refractivity (Wildman–Crippen MR) is 150 cm³/mol. The van der Waals surface area contributed by atoms with E-state index >= 15 is 0 Å². The van der Waals surface area contributed by atoms with E-state index in [1.807, 2.05) is 6.92 Å². The van der Waals surface area contributed by atoms with Crippen molar-refractivity contribution in [3.8, 4) is 11.5 Å². The first-order valence-electron chi connectivity index (χ1n) is 13.1. The van der Waals surface area contributed by atoms with Crippen LogP contribution in [0.3, 0.4) is 0 Å². The zero-order valence-corrected chi connectivity index (χ0v) is 24.1. The molecule has 41 heavy (non-hydrogen) atoms. The zero-order chi connectivity index (χ0) is 29.4. The number of hydrogen-bond donors (Lipinski definition) is 2. The molecule has 2 N–H and O–H groups in total. The molecule has 1 fully saturated rings. The van der Waals surface area contributed by atoms with E-state index in [0.29, 0.717) is 46.1 Å². The fourth-order valence-corrected chi connectivity index (χ4v) is 5.17. The Balaban J connectivity index is 1.42. The van der Waals surface area contributed by atoms with Gasteiger partial charge in [0.05, 0.1) is 37.9 Å². The molecule has 2 aliphatic heterocycles. The zero-order valence-electron chi connectivity index (χ0n) is 23.3. The fraction of sp³-hybridized carbons (Fsp3) is 0.414. The third-order valence-corrected chi connectivity index (χ3v) is 7.78. The third kappa shape index (κ3) is 5.32. The van der Waals surface area contributed by atoms with Crippen LogP contribution in [0.15, 0.2) is 40.8 Å². The second-order valence-corrected chi connectivity index (χ2v) is 11.0. The summed E-state index contributed by atoms with van der Waals surface area (Å²) >= 11 is 6.35. The van der Waals surface area contributed by atoms with Crippen molar-refractivity contribution in [2.24, 2.45) is 0 Å². The molecule has 218 valence electrons. The maximum absolute atomic E-state index is 13.9. The lowest BCUT2D eigenvalue weighted by atomic mass is 9.99. The van der Waals surface area contributed by atoms with E-state index in [1.165, 1.54) is 19.1 Å². The van der Waals surface area contributed by atoms with Crippen molar-refractivity contribution in [1.82, 2.24) is 15.5 Å². The molecule has 12 heteroatoms. The summed E-state index contributed by atoms with van der Waals surface area (Å²) in [5.41, 5.74) is -0.545. The highest BCUT2D eigenvalue weighted by molar-refractivity contribution is 6.31. The van der Waals surface area contributed by atoms with Gasteiger partial charge in [0.25, 0.3) is 11.8 Å². The molecular formula is C29H32ClN3O8. The first kappa shape index (κ1) is 28.7. The molecule has 3 aromatic rings. The molecule has 3 heterocycles. The molecule has 0 spiro atoms. The maximum Gasteiger partial charge on any atom is 0.294 e. The van der Waals surface area contributed by atoms with Gasteiger partial charge in [0, 0.05) is 36.3 Å². The van der Waals surface area contributed by atoms with Gasteiger partial charge >= 0.3 is 0 Å². The van der Waals surface area contributed by atoms with Gasteiger partial charge in [0.2, 0.25) is 11.7 Å². The Kier molecular flexibility index (Phi) is 7.87. The van der Waals surface area contributed by atoms with Gasteiger partial charge in [-0.1, -0.05) is 17.7 Å². The molecule has 1 unspecified atom stereocenters. The average Bonchev–Trinajstić information content (AvgIpc) is 3.27. The van der Waals surface area contributed by atoms with Gasteiger partial charge in [0.15, 0.2) is 11.3 Å².